The third-order valence-electron chi connectivity index (χ3n) is 19.3. The summed E-state index contributed by atoms with van der Waals surface area (Å²) in [5, 5.41) is 6.14. The van der Waals surface area contributed by atoms with Gasteiger partial charge in [-0.2, -0.15) is 0 Å². The molecule has 1 spiro atoms. The molecule has 4 aromatic rings. The Labute approximate surface area is 439 Å². The third-order valence-corrected chi connectivity index (χ3v) is 19.3. The second kappa shape index (κ2) is 19.0. The van der Waals surface area contributed by atoms with Crippen molar-refractivity contribution in [3.63, 3.8) is 0 Å². The number of nitrogens with zero attached hydrogens (tertiary/aromatic N) is 9. The van der Waals surface area contributed by atoms with E-state index in [0.29, 0.717) is 95.3 Å². The standard InChI is InChI=1S/C58H73N11O6/c1-35(2)67-34-60-47-30-46(62-53(52(47)67)61-39-6-7-39)37-4-11-45-48(27-37)69(43-28-42(29-43)68-40-8-9-41(68)33-75-32-40)56(74)58(45)18-24-66(25-19-58)55(73)57(3)16-22-65(23-17-57)51(71)26-36-14-20-64(21-15-36)49-12-5-38(31-59-49)44-10-13-50(70)63-54(44)72/h4-5,11-12,27,30-31,34-36,39-44H,6-10,13-26,28-29,32-33H2,1-3H3,(H,61,62)(H,63,70,72)/t40-,41?,42?,43?,44+/m0/s1. The van der Waals surface area contributed by atoms with Crippen molar-refractivity contribution in [2.24, 2.45) is 11.3 Å². The van der Waals surface area contributed by atoms with Crippen LogP contribution in [0.5, 0.6) is 0 Å². The molecular weight excluding hydrogens is 947 g/mol. The average Bonchev–Trinajstić information content (AvgIpc) is 4.03. The molecule has 75 heavy (non-hydrogen) atoms. The van der Waals surface area contributed by atoms with Gasteiger partial charge in [-0.3, -0.25) is 34.2 Å². The summed E-state index contributed by atoms with van der Waals surface area (Å²) in [5.74, 6) is 1.68. The second-order valence-electron chi connectivity index (χ2n) is 24.3. The summed E-state index contributed by atoms with van der Waals surface area (Å²) in [4.78, 5) is 93.8. The fraction of sp³-hybridized carbons (Fsp3) is 0.621. The normalized spacial score (nSPS) is 27.8. The molecule has 8 fully saturated rings. The first-order valence-electron chi connectivity index (χ1n) is 28.4. The van der Waals surface area contributed by atoms with E-state index in [0.717, 1.165) is 116 Å². The molecule has 17 nitrogen and oxygen atoms in total. The van der Waals surface area contributed by atoms with Gasteiger partial charge in [0.2, 0.25) is 29.5 Å². The van der Waals surface area contributed by atoms with Gasteiger partial charge >= 0.3 is 0 Å². The number of imidazole rings is 1. The number of hydrogen-bond acceptors (Lipinski definition) is 12. The topological polar surface area (TPSA) is 178 Å². The molecule has 2 aliphatic carbocycles. The maximum atomic E-state index is 15.4. The molecule has 1 aromatic carbocycles. The molecule has 7 aliphatic heterocycles. The van der Waals surface area contributed by atoms with Crippen molar-refractivity contribution in [3.05, 3.63) is 60.0 Å². The monoisotopic (exact) mass is 1020 g/mol. The zero-order valence-corrected chi connectivity index (χ0v) is 44.0. The minimum absolute atomic E-state index is 0.108. The van der Waals surface area contributed by atoms with Crippen molar-refractivity contribution in [2.45, 2.75) is 165 Å². The van der Waals surface area contributed by atoms with Crippen LogP contribution in [0.2, 0.25) is 0 Å². The van der Waals surface area contributed by atoms with Crippen LogP contribution in [-0.2, 0) is 34.1 Å². The van der Waals surface area contributed by atoms with Gasteiger partial charge < -0.3 is 34.2 Å². The number of pyridine rings is 2. The van der Waals surface area contributed by atoms with Gasteiger partial charge in [0, 0.05) is 111 Å². The highest BCUT2D eigenvalue weighted by atomic mass is 16.5. The van der Waals surface area contributed by atoms with E-state index in [4.69, 9.17) is 14.7 Å². The summed E-state index contributed by atoms with van der Waals surface area (Å²) in [6.07, 6.45) is 15.8. The van der Waals surface area contributed by atoms with Crippen molar-refractivity contribution >= 4 is 57.9 Å². The summed E-state index contributed by atoms with van der Waals surface area (Å²) in [5.41, 5.74) is 5.40. The molecule has 3 atom stereocenters. The number of hydrogen-bond donors (Lipinski definition) is 2. The van der Waals surface area contributed by atoms with Crippen molar-refractivity contribution in [3.8, 4) is 11.3 Å². The van der Waals surface area contributed by atoms with Crippen LogP contribution >= 0.6 is 0 Å². The Morgan fingerprint density at radius 3 is 2.23 bits per heavy atom. The smallest absolute Gasteiger partial charge is 0.238 e. The number of ether oxygens (including phenoxy) is 1. The van der Waals surface area contributed by atoms with Crippen LogP contribution in [0, 0.1) is 11.3 Å². The van der Waals surface area contributed by atoms with Crippen molar-refractivity contribution in [1.29, 1.82) is 0 Å². The zero-order valence-electron chi connectivity index (χ0n) is 44.0. The van der Waals surface area contributed by atoms with Gasteiger partial charge in [-0.1, -0.05) is 25.1 Å². The number of morpholine rings is 1. The third kappa shape index (κ3) is 8.67. The van der Waals surface area contributed by atoms with Gasteiger partial charge in [0.15, 0.2) is 5.82 Å². The number of nitrogens with one attached hydrogen (secondary N) is 2. The van der Waals surface area contributed by atoms with Gasteiger partial charge in [-0.25, -0.2) is 15.0 Å². The van der Waals surface area contributed by atoms with E-state index in [1.54, 1.807) is 6.20 Å². The van der Waals surface area contributed by atoms with Gasteiger partial charge in [-0.05, 0) is 133 Å². The second-order valence-corrected chi connectivity index (χ2v) is 24.3. The summed E-state index contributed by atoms with van der Waals surface area (Å²) in [6, 6.07) is 14.8. The molecule has 10 heterocycles. The van der Waals surface area contributed by atoms with Crippen LogP contribution in [0.15, 0.2) is 48.9 Å². The first kappa shape index (κ1) is 48.7. The highest BCUT2D eigenvalue weighted by Gasteiger charge is 2.57. The van der Waals surface area contributed by atoms with E-state index in [1.807, 2.05) is 28.3 Å². The van der Waals surface area contributed by atoms with Crippen LogP contribution in [0.25, 0.3) is 22.3 Å². The highest BCUT2D eigenvalue weighted by Crippen LogP contribution is 2.53. The molecule has 2 N–H and O–H groups in total. The Hall–Kier alpha value is -5.94. The van der Waals surface area contributed by atoms with E-state index in [1.165, 1.54) is 12.8 Å². The minimum Gasteiger partial charge on any atom is -0.378 e. The van der Waals surface area contributed by atoms with Crippen molar-refractivity contribution < 1.29 is 28.7 Å². The zero-order chi connectivity index (χ0) is 51.3. The minimum atomic E-state index is -0.703. The fourth-order valence-electron chi connectivity index (χ4n) is 14.5. The maximum absolute atomic E-state index is 15.4. The number of amides is 5. The van der Waals surface area contributed by atoms with E-state index in [-0.39, 0.29) is 53.5 Å². The number of carbonyl (C=O) groups is 5. The van der Waals surface area contributed by atoms with Gasteiger partial charge in [0.1, 0.15) is 11.3 Å². The molecular formula is C58H73N11O6. The predicted molar refractivity (Wildman–Crippen MR) is 284 cm³/mol. The first-order valence-corrected chi connectivity index (χ1v) is 28.4. The lowest BCUT2D eigenvalue weighted by atomic mass is 9.72. The molecule has 5 amide bonds. The van der Waals surface area contributed by atoms with E-state index >= 15 is 4.79 Å². The Bertz CT molecular complexity index is 2890. The largest absolute Gasteiger partial charge is 0.378 e. The van der Waals surface area contributed by atoms with E-state index < -0.39 is 10.8 Å². The number of carbonyl (C=O) groups excluding carboxylic acids is 5. The molecule has 13 rings (SSSR count). The number of piperidine rings is 4. The van der Waals surface area contributed by atoms with Crippen LogP contribution in [0.1, 0.15) is 140 Å². The Morgan fingerprint density at radius 2 is 1.55 bits per heavy atom. The lowest BCUT2D eigenvalue weighted by Gasteiger charge is -2.50. The number of imide groups is 1. The average molecular weight is 1020 g/mol. The van der Waals surface area contributed by atoms with Crippen LogP contribution < -0.4 is 20.4 Å². The molecule has 6 saturated heterocycles. The van der Waals surface area contributed by atoms with Gasteiger partial charge in [-0.15, -0.1) is 0 Å². The van der Waals surface area contributed by atoms with Crippen LogP contribution in [-0.4, -0.2) is 146 Å². The summed E-state index contributed by atoms with van der Waals surface area (Å²) in [7, 11) is 0. The summed E-state index contributed by atoms with van der Waals surface area (Å²) < 4.78 is 8.16. The molecule has 17 heteroatoms. The predicted octanol–water partition coefficient (Wildman–Crippen LogP) is 6.71. The molecule has 9 aliphatic rings. The fourth-order valence-corrected chi connectivity index (χ4v) is 14.5. The Kier molecular flexibility index (Phi) is 12.3. The lowest BCUT2D eigenvalue weighted by Crippen LogP contribution is -2.62. The first-order chi connectivity index (χ1) is 36.3. The molecule has 2 bridgehead atoms. The SMILES string of the molecule is CC(C)n1cnc2cc(-c3ccc4c(c3)N(C3CC(N5C6CC[C@H]5COC6)C3)C(=O)C43CCN(C(=O)C4(C)CCN(C(=O)CC5CCN(c6ccc([C@H]7CCC(=O)NC7=O)cn6)CC5)CC4)CC3)nc(NC3CC3)c21. The number of benzene rings is 1. The van der Waals surface area contributed by atoms with Gasteiger partial charge in [0.25, 0.3) is 0 Å². The van der Waals surface area contributed by atoms with Gasteiger partial charge in [0.05, 0.1) is 42.1 Å². The Morgan fingerprint density at radius 1 is 0.813 bits per heavy atom. The van der Waals surface area contributed by atoms with Crippen LogP contribution in [0.3, 0.4) is 0 Å². The quantitative estimate of drug-likeness (QED) is 0.152. The lowest BCUT2D eigenvalue weighted by molar-refractivity contribution is -0.149. The molecule has 396 valence electrons. The molecule has 2 saturated carbocycles. The van der Waals surface area contributed by atoms with Crippen molar-refractivity contribution in [2.75, 3.05) is 67.6 Å². The maximum Gasteiger partial charge on any atom is 0.238 e. The summed E-state index contributed by atoms with van der Waals surface area (Å²) >= 11 is 0. The highest BCUT2D eigenvalue weighted by molar-refractivity contribution is 6.09. The number of fused-ring (bicyclic) bond motifs is 5. The molecule has 3 aromatic heterocycles. The van der Waals surface area contributed by atoms with Crippen LogP contribution in [0.4, 0.5) is 17.3 Å². The number of rotatable bonds is 11. The summed E-state index contributed by atoms with van der Waals surface area (Å²) in [6.45, 7) is 11.8. The number of anilines is 3. The van der Waals surface area contributed by atoms with E-state index in [2.05, 4.69) is 79.9 Å². The Balaban J connectivity index is 0.661. The molecule has 0 radical (unpaired) electrons. The molecule has 1 unspecified atom stereocenters. The number of aromatic nitrogens is 4. The van der Waals surface area contributed by atoms with E-state index in [9.17, 15) is 19.2 Å². The van der Waals surface area contributed by atoms with Crippen molar-refractivity contribution in [1.82, 2.24) is 39.5 Å². The number of likely N-dealkylation sites (tertiary alicyclic amines) is 2.